The summed E-state index contributed by atoms with van der Waals surface area (Å²) in [5, 5.41) is 3.44. The van der Waals surface area contributed by atoms with Gasteiger partial charge in [-0.05, 0) is 123 Å². The lowest BCUT2D eigenvalue weighted by Crippen LogP contribution is -2.23. The number of nitrogens with one attached hydrogen (secondary N) is 1. The minimum absolute atomic E-state index is 0.159. The largest absolute Gasteiger partial charge is 0.366 e. The van der Waals surface area contributed by atoms with E-state index in [1.54, 1.807) is 6.07 Å². The molecular formula is C60H53N5. The van der Waals surface area contributed by atoms with Crippen molar-refractivity contribution in [1.29, 1.82) is 0 Å². The molecule has 0 saturated carbocycles. The van der Waals surface area contributed by atoms with E-state index in [0.29, 0.717) is 0 Å². The van der Waals surface area contributed by atoms with Gasteiger partial charge in [-0.1, -0.05) is 164 Å². The Morgan fingerprint density at radius 3 is 1.77 bits per heavy atom. The molecule has 9 aromatic rings. The van der Waals surface area contributed by atoms with Crippen LogP contribution in [0.1, 0.15) is 43.7 Å². The number of aromatic nitrogens is 3. The zero-order valence-corrected chi connectivity index (χ0v) is 36.8. The number of aryl methyl sites for hydroxylation is 6. The Balaban J connectivity index is 1.02. The lowest BCUT2D eigenvalue weighted by molar-refractivity contribution is 0.340. The Morgan fingerprint density at radius 1 is 0.508 bits per heavy atom. The smallest absolute Gasteiger partial charge is 0.139 e. The third kappa shape index (κ3) is 9.18. The van der Waals surface area contributed by atoms with Gasteiger partial charge in [0.25, 0.3) is 0 Å². The van der Waals surface area contributed by atoms with Gasteiger partial charge in [0.2, 0.25) is 0 Å². The molecule has 318 valence electrons. The first-order valence-electron chi connectivity index (χ1n) is 23.9. The van der Waals surface area contributed by atoms with Gasteiger partial charge in [-0.15, -0.1) is 0 Å². The summed E-state index contributed by atoms with van der Waals surface area (Å²) in [6.45, 7) is -2.22. The van der Waals surface area contributed by atoms with E-state index < -0.39 is 6.85 Å². The van der Waals surface area contributed by atoms with Crippen LogP contribution in [0.5, 0.6) is 0 Å². The van der Waals surface area contributed by atoms with Crippen molar-refractivity contribution in [2.24, 2.45) is 7.05 Å². The average Bonchev–Trinajstić information content (AvgIpc) is 4.02. The summed E-state index contributed by atoms with van der Waals surface area (Å²) in [7, 11) is 4.12. The highest BCUT2D eigenvalue weighted by Crippen LogP contribution is 2.41. The van der Waals surface area contributed by atoms with Crippen LogP contribution in [0.25, 0.3) is 67.2 Å². The second-order valence-corrected chi connectivity index (χ2v) is 17.1. The fraction of sp³-hybridized carbons (Fsp3) is 0.133. The van der Waals surface area contributed by atoms with E-state index in [4.69, 9.17) is 4.11 Å². The highest BCUT2D eigenvalue weighted by molar-refractivity contribution is 5.93. The summed E-state index contributed by atoms with van der Waals surface area (Å²) < 4.78 is 25.8. The second-order valence-electron chi connectivity index (χ2n) is 17.1. The molecule has 5 nitrogen and oxygen atoms in total. The molecule has 0 radical (unpaired) electrons. The van der Waals surface area contributed by atoms with Gasteiger partial charge in [0.1, 0.15) is 12.0 Å². The van der Waals surface area contributed by atoms with Crippen LogP contribution in [0.3, 0.4) is 0 Å². The molecule has 1 atom stereocenters. The summed E-state index contributed by atoms with van der Waals surface area (Å²) >= 11 is 0. The molecule has 10 rings (SSSR count). The Hall–Kier alpha value is -7.76. The first-order valence-corrected chi connectivity index (χ1v) is 22.4. The fourth-order valence-corrected chi connectivity index (χ4v) is 9.09. The highest BCUT2D eigenvalue weighted by Gasteiger charge is 2.18. The van der Waals surface area contributed by atoms with Crippen molar-refractivity contribution in [3.8, 4) is 67.2 Å². The van der Waals surface area contributed by atoms with Gasteiger partial charge in [-0.2, -0.15) is 0 Å². The molecule has 3 heterocycles. The maximum absolute atomic E-state index is 7.90. The second kappa shape index (κ2) is 18.5. The van der Waals surface area contributed by atoms with Crippen LogP contribution in [0.15, 0.2) is 207 Å². The van der Waals surface area contributed by atoms with Gasteiger partial charge in [-0.25, -0.2) is 4.98 Å². The maximum Gasteiger partial charge on any atom is 0.139 e. The van der Waals surface area contributed by atoms with Gasteiger partial charge < -0.3 is 14.8 Å². The van der Waals surface area contributed by atoms with Gasteiger partial charge in [0, 0.05) is 60.3 Å². The maximum atomic E-state index is 7.90. The van der Waals surface area contributed by atoms with Gasteiger partial charge in [0.15, 0.2) is 0 Å². The molecule has 1 unspecified atom stereocenters. The van der Waals surface area contributed by atoms with Crippen molar-refractivity contribution < 1.29 is 4.11 Å². The number of imidazole rings is 1. The summed E-state index contributed by atoms with van der Waals surface area (Å²) in [5.41, 5.74) is 18.5. The van der Waals surface area contributed by atoms with Crippen LogP contribution in [-0.2, 0) is 32.7 Å². The Labute approximate surface area is 387 Å². The van der Waals surface area contributed by atoms with Crippen molar-refractivity contribution in [2.75, 3.05) is 7.05 Å². The lowest BCUT2D eigenvalue weighted by atomic mass is 9.86. The van der Waals surface area contributed by atoms with Crippen LogP contribution in [0.4, 0.5) is 0 Å². The summed E-state index contributed by atoms with van der Waals surface area (Å²) in [5.74, 6) is 0.963. The van der Waals surface area contributed by atoms with Crippen LogP contribution in [-0.4, -0.2) is 26.5 Å². The predicted octanol–water partition coefficient (Wildman–Crippen LogP) is 13.7. The number of rotatable bonds is 13. The molecule has 5 heteroatoms. The van der Waals surface area contributed by atoms with E-state index in [-0.39, 0.29) is 11.7 Å². The minimum atomic E-state index is -2.22. The van der Waals surface area contributed by atoms with E-state index >= 15 is 0 Å². The van der Waals surface area contributed by atoms with Gasteiger partial charge in [0.05, 0.1) is 5.69 Å². The van der Waals surface area contributed by atoms with Gasteiger partial charge >= 0.3 is 0 Å². The van der Waals surface area contributed by atoms with E-state index in [1.807, 2.05) is 37.8 Å². The first-order chi connectivity index (χ1) is 33.1. The molecule has 0 aliphatic carbocycles. The van der Waals surface area contributed by atoms with Crippen molar-refractivity contribution in [2.45, 2.75) is 38.7 Å². The topological polar surface area (TPSA) is 46.0 Å². The third-order valence-electron chi connectivity index (χ3n) is 12.7. The van der Waals surface area contributed by atoms with Crippen LogP contribution >= 0.6 is 0 Å². The molecule has 0 spiro atoms. The van der Waals surface area contributed by atoms with E-state index in [2.05, 4.69) is 196 Å². The Kier molecular flexibility index (Phi) is 10.8. The molecule has 1 N–H and O–H groups in total. The third-order valence-corrected chi connectivity index (χ3v) is 12.7. The van der Waals surface area contributed by atoms with E-state index in [0.717, 1.165) is 87.3 Å². The van der Waals surface area contributed by atoms with E-state index in [9.17, 15) is 0 Å². The summed E-state index contributed by atoms with van der Waals surface area (Å²) in [6, 6.07) is 63.0. The monoisotopic (exact) mass is 846 g/mol. The Bertz CT molecular complexity index is 3190. The van der Waals surface area contributed by atoms with Crippen molar-refractivity contribution in [1.82, 2.24) is 24.8 Å². The fourth-order valence-electron chi connectivity index (χ4n) is 9.09. The Morgan fingerprint density at radius 2 is 1.12 bits per heavy atom. The molecule has 0 amide bonds. The highest BCUT2D eigenvalue weighted by atomic mass is 15.3. The molecule has 65 heavy (non-hydrogen) atoms. The molecule has 0 fully saturated rings. The minimum Gasteiger partial charge on any atom is -0.366 e. The van der Waals surface area contributed by atoms with E-state index in [1.165, 1.54) is 39.6 Å². The average molecular weight is 847 g/mol. The molecule has 1 aliphatic heterocycles. The van der Waals surface area contributed by atoms with Gasteiger partial charge in [-0.3, -0.25) is 4.98 Å². The van der Waals surface area contributed by atoms with Crippen molar-refractivity contribution in [3.63, 3.8) is 0 Å². The van der Waals surface area contributed by atoms with Crippen molar-refractivity contribution >= 4 is 0 Å². The quantitative estimate of drug-likeness (QED) is 0.126. The number of nitrogens with zero attached hydrogens (tertiary/aromatic N) is 4. The molecule has 2 aromatic heterocycles. The zero-order chi connectivity index (χ0) is 46.6. The van der Waals surface area contributed by atoms with Crippen LogP contribution in [0, 0.1) is 6.85 Å². The molecule has 7 aromatic carbocycles. The number of pyridine rings is 1. The number of hydrogen-bond acceptors (Lipinski definition) is 4. The number of benzene rings is 7. The standard InChI is InChI=1S/C60H53N5/c1-42-13-32-58(63-41-42)52-30-31-56(57(40-52)49-28-26-48(27-29-49)47-9-5-4-6-10-47)55-12-8-7-11-54(55)53-38-45(16-14-43-18-22-50(23-19-43)59-61-33-35-64(59)2)37-46(39-53)17-15-44-20-24-51(25-21-44)60-62-34-36-65(60)3/h4-13,18-41,59,61H,14-17H2,1-3H3/i1D3. The lowest BCUT2D eigenvalue weighted by Gasteiger charge is -2.21. The first kappa shape index (κ1) is 37.8. The van der Waals surface area contributed by atoms with Crippen molar-refractivity contribution in [3.05, 3.63) is 240 Å². The van der Waals surface area contributed by atoms with Crippen LogP contribution < -0.4 is 5.32 Å². The number of hydrogen-bond donors (Lipinski definition) is 1. The predicted molar refractivity (Wildman–Crippen MR) is 269 cm³/mol. The molecule has 0 bridgehead atoms. The zero-order valence-electron chi connectivity index (χ0n) is 39.8. The summed E-state index contributed by atoms with van der Waals surface area (Å²) in [4.78, 5) is 11.4. The molecule has 1 aliphatic rings. The molecule has 0 saturated heterocycles. The van der Waals surface area contributed by atoms with Crippen LogP contribution in [0.2, 0.25) is 0 Å². The molecular weight excluding hydrogens is 791 g/mol. The summed E-state index contributed by atoms with van der Waals surface area (Å²) in [6.07, 6.45) is 13.2. The normalized spacial score (nSPS) is 14.2. The SMILES string of the molecule is [2H]C([2H])([2H])c1ccc(-c2ccc(-c3ccccc3-c3cc(CCc4ccc(-c5nccn5C)cc4)cc(CCc4ccc(C5NC=CN5C)cc4)c3)c(-c3ccc(-c4ccccc4)cc3)c2)nc1.